The van der Waals surface area contributed by atoms with Crippen LogP contribution in [0.4, 0.5) is 0 Å². The van der Waals surface area contributed by atoms with Crippen molar-refractivity contribution in [1.82, 2.24) is 15.0 Å². The van der Waals surface area contributed by atoms with Gasteiger partial charge in [-0.1, -0.05) is 56.3 Å². The molecule has 3 saturated carbocycles. The second-order valence-electron chi connectivity index (χ2n) is 8.19. The molecule has 4 atom stereocenters. The van der Waals surface area contributed by atoms with Crippen molar-refractivity contribution in [3.63, 3.8) is 0 Å². The molecule has 3 fully saturated rings. The molecule has 1 aromatic heterocycles. The molecule has 132 valence electrons. The molecule has 25 heavy (non-hydrogen) atoms. The van der Waals surface area contributed by atoms with Crippen LogP contribution in [0.1, 0.15) is 49.7 Å². The molecule has 3 aliphatic carbocycles. The highest BCUT2D eigenvalue weighted by molar-refractivity contribution is 5.86. The molecule has 0 amide bonds. The van der Waals surface area contributed by atoms with E-state index in [0.29, 0.717) is 35.4 Å². The van der Waals surface area contributed by atoms with Crippen molar-refractivity contribution in [2.75, 3.05) is 0 Å². The van der Waals surface area contributed by atoms with Crippen molar-refractivity contribution in [2.24, 2.45) is 23.2 Å². The number of carbonyl (C=O) groups is 1. The van der Waals surface area contributed by atoms with E-state index in [0.717, 1.165) is 12.0 Å². The Kier molecular flexibility index (Phi) is 3.89. The van der Waals surface area contributed by atoms with Crippen LogP contribution in [0.3, 0.4) is 0 Å². The first-order chi connectivity index (χ1) is 11.9. The highest BCUT2D eigenvalue weighted by Crippen LogP contribution is 2.61. The molecule has 1 heterocycles. The molecule has 0 aliphatic heterocycles. The van der Waals surface area contributed by atoms with Crippen LogP contribution < -0.4 is 0 Å². The summed E-state index contributed by atoms with van der Waals surface area (Å²) in [6.45, 7) is 7.50. The van der Waals surface area contributed by atoms with Crippen LogP contribution in [0.25, 0.3) is 0 Å². The van der Waals surface area contributed by atoms with Gasteiger partial charge in [0, 0.05) is 0 Å². The van der Waals surface area contributed by atoms with Gasteiger partial charge >= 0.3 is 5.97 Å². The molecule has 5 heteroatoms. The quantitative estimate of drug-likeness (QED) is 0.799. The van der Waals surface area contributed by atoms with Gasteiger partial charge in [-0.05, 0) is 41.6 Å². The minimum Gasteiger partial charge on any atom is -0.457 e. The monoisotopic (exact) mass is 339 g/mol. The van der Waals surface area contributed by atoms with Crippen LogP contribution in [-0.2, 0) is 11.3 Å². The zero-order chi connectivity index (χ0) is 17.6. The number of benzene rings is 1. The molecular weight excluding hydrogens is 314 g/mol. The standard InChI is InChI=1S/C20H25N3O2/c1-13-16-9-15(20(16,2)3)10-18(13)25-19(24)17-12-23(22-21-17)11-14-7-5-4-6-8-14/h4-8,12-13,15-16,18H,9-11H2,1-3H3. The molecule has 1 aromatic carbocycles. The zero-order valence-corrected chi connectivity index (χ0v) is 15.1. The van der Waals surface area contributed by atoms with E-state index in [2.05, 4.69) is 31.1 Å². The molecule has 2 aromatic rings. The zero-order valence-electron chi connectivity index (χ0n) is 15.1. The summed E-state index contributed by atoms with van der Waals surface area (Å²) >= 11 is 0. The van der Waals surface area contributed by atoms with Gasteiger partial charge < -0.3 is 4.74 Å². The minimum absolute atomic E-state index is 0.00329. The van der Waals surface area contributed by atoms with Crippen molar-refractivity contribution in [3.8, 4) is 0 Å². The fourth-order valence-electron chi connectivity index (χ4n) is 4.70. The number of rotatable bonds is 4. The second-order valence-corrected chi connectivity index (χ2v) is 8.19. The maximum Gasteiger partial charge on any atom is 0.360 e. The van der Waals surface area contributed by atoms with Gasteiger partial charge in [0.1, 0.15) is 6.10 Å². The predicted molar refractivity (Wildman–Crippen MR) is 93.9 cm³/mol. The third-order valence-corrected chi connectivity index (χ3v) is 6.48. The predicted octanol–water partition coefficient (Wildman–Crippen LogP) is 3.55. The third kappa shape index (κ3) is 2.86. The van der Waals surface area contributed by atoms with Crippen LogP contribution >= 0.6 is 0 Å². The summed E-state index contributed by atoms with van der Waals surface area (Å²) in [5.74, 6) is 1.37. The molecule has 0 radical (unpaired) electrons. The number of carbonyl (C=O) groups excluding carboxylic acids is 1. The molecule has 4 unspecified atom stereocenters. The van der Waals surface area contributed by atoms with Crippen LogP contribution in [0.2, 0.25) is 0 Å². The van der Waals surface area contributed by atoms with Crippen molar-refractivity contribution < 1.29 is 9.53 Å². The van der Waals surface area contributed by atoms with Gasteiger partial charge in [-0.2, -0.15) is 0 Å². The average Bonchev–Trinajstić information content (AvgIpc) is 3.05. The van der Waals surface area contributed by atoms with Gasteiger partial charge in [0.25, 0.3) is 0 Å². The van der Waals surface area contributed by atoms with E-state index in [4.69, 9.17) is 4.74 Å². The number of hydrogen-bond acceptors (Lipinski definition) is 4. The van der Waals surface area contributed by atoms with E-state index in [1.54, 1.807) is 10.9 Å². The summed E-state index contributed by atoms with van der Waals surface area (Å²) in [6, 6.07) is 10.00. The highest BCUT2D eigenvalue weighted by atomic mass is 16.5. The van der Waals surface area contributed by atoms with Gasteiger partial charge in [-0.3, -0.25) is 0 Å². The lowest BCUT2D eigenvalue weighted by Crippen LogP contribution is -2.57. The van der Waals surface area contributed by atoms with E-state index >= 15 is 0 Å². The van der Waals surface area contributed by atoms with Crippen LogP contribution in [0, 0.1) is 23.2 Å². The summed E-state index contributed by atoms with van der Waals surface area (Å²) in [4.78, 5) is 12.5. The summed E-state index contributed by atoms with van der Waals surface area (Å²) in [6.07, 6.45) is 3.92. The summed E-state index contributed by atoms with van der Waals surface area (Å²) < 4.78 is 7.47. The maximum absolute atomic E-state index is 12.5. The Bertz CT molecular complexity index is 768. The molecule has 5 nitrogen and oxygen atoms in total. The Labute approximate surface area is 148 Å². The van der Waals surface area contributed by atoms with E-state index in [9.17, 15) is 4.79 Å². The van der Waals surface area contributed by atoms with Gasteiger partial charge in [-0.25, -0.2) is 9.48 Å². The SMILES string of the molecule is CC1C(OC(=O)c2cn(Cc3ccccc3)nn2)CC2CC1C2(C)C. The smallest absolute Gasteiger partial charge is 0.360 e. The lowest BCUT2D eigenvalue weighted by atomic mass is 9.45. The summed E-state index contributed by atoms with van der Waals surface area (Å²) in [5.41, 5.74) is 1.80. The van der Waals surface area contributed by atoms with Gasteiger partial charge in [0.15, 0.2) is 5.69 Å². The second kappa shape index (κ2) is 5.97. The van der Waals surface area contributed by atoms with E-state index in [1.807, 2.05) is 30.3 Å². The van der Waals surface area contributed by atoms with Crippen LogP contribution in [0.5, 0.6) is 0 Å². The fraction of sp³-hybridized carbons (Fsp3) is 0.550. The highest BCUT2D eigenvalue weighted by Gasteiger charge is 2.57. The number of ether oxygens (including phenoxy) is 1. The fourth-order valence-corrected chi connectivity index (χ4v) is 4.70. The number of esters is 1. The Morgan fingerprint density at radius 2 is 2.04 bits per heavy atom. The van der Waals surface area contributed by atoms with Gasteiger partial charge in [0.05, 0.1) is 12.7 Å². The number of fused-ring (bicyclic) bond motifs is 2. The van der Waals surface area contributed by atoms with Crippen molar-refractivity contribution >= 4 is 5.97 Å². The molecular formula is C20H25N3O2. The van der Waals surface area contributed by atoms with E-state index < -0.39 is 0 Å². The molecule has 3 aliphatic rings. The normalized spacial score (nSPS) is 29.7. The molecule has 0 saturated heterocycles. The van der Waals surface area contributed by atoms with Gasteiger partial charge in [-0.15, -0.1) is 5.10 Å². The Hall–Kier alpha value is -2.17. The number of nitrogens with zero attached hydrogens (tertiary/aromatic N) is 3. The lowest BCUT2D eigenvalue weighted by molar-refractivity contribution is -0.156. The number of hydrogen-bond donors (Lipinski definition) is 0. The van der Waals surface area contributed by atoms with E-state index in [1.165, 1.54) is 6.42 Å². The van der Waals surface area contributed by atoms with Crippen LogP contribution in [-0.4, -0.2) is 27.1 Å². The summed E-state index contributed by atoms with van der Waals surface area (Å²) in [5, 5.41) is 8.06. The molecule has 0 spiro atoms. The van der Waals surface area contributed by atoms with Crippen molar-refractivity contribution in [3.05, 3.63) is 47.8 Å². The van der Waals surface area contributed by atoms with E-state index in [-0.39, 0.29) is 12.1 Å². The number of aromatic nitrogens is 3. The first-order valence-electron chi connectivity index (χ1n) is 9.10. The first-order valence-corrected chi connectivity index (χ1v) is 9.10. The molecule has 2 bridgehead atoms. The maximum atomic E-state index is 12.5. The van der Waals surface area contributed by atoms with Crippen molar-refractivity contribution in [1.29, 1.82) is 0 Å². The third-order valence-electron chi connectivity index (χ3n) is 6.48. The lowest BCUT2D eigenvalue weighted by Gasteiger charge is -2.61. The Morgan fingerprint density at radius 1 is 1.28 bits per heavy atom. The van der Waals surface area contributed by atoms with Crippen LogP contribution in [0.15, 0.2) is 36.5 Å². The van der Waals surface area contributed by atoms with Crippen molar-refractivity contribution in [2.45, 2.75) is 46.3 Å². The largest absolute Gasteiger partial charge is 0.457 e. The Balaban J connectivity index is 1.39. The Morgan fingerprint density at radius 3 is 2.72 bits per heavy atom. The minimum atomic E-state index is -0.352. The first kappa shape index (κ1) is 16.3. The average molecular weight is 339 g/mol. The molecule has 5 rings (SSSR count). The molecule has 0 N–H and O–H groups in total. The topological polar surface area (TPSA) is 57.0 Å². The summed E-state index contributed by atoms with van der Waals surface area (Å²) in [7, 11) is 0. The van der Waals surface area contributed by atoms with Gasteiger partial charge in [0.2, 0.25) is 0 Å².